The molecule has 2 N–H and O–H groups in total. The van der Waals surface area contributed by atoms with Crippen molar-refractivity contribution in [3.63, 3.8) is 0 Å². The summed E-state index contributed by atoms with van der Waals surface area (Å²) in [6.07, 6.45) is 5.52. The topological polar surface area (TPSA) is 48.9 Å². The number of aliphatic imine (C=N–C) groups is 1. The molecule has 0 radical (unpaired) electrons. The molecule has 1 heterocycles. The number of hydrogen-bond acceptors (Lipinski definition) is 3. The second kappa shape index (κ2) is 11.6. The third-order valence-corrected chi connectivity index (χ3v) is 4.26. The molecule has 2 rings (SSSR count). The predicted molar refractivity (Wildman–Crippen MR) is 111 cm³/mol. The van der Waals surface area contributed by atoms with E-state index in [-0.39, 0.29) is 0 Å². The molecule has 0 saturated heterocycles. The Balaban J connectivity index is 1.74. The van der Waals surface area contributed by atoms with Crippen LogP contribution >= 0.6 is 0 Å². The maximum atomic E-state index is 5.64. The summed E-state index contributed by atoms with van der Waals surface area (Å²) >= 11 is 0. The van der Waals surface area contributed by atoms with E-state index in [1.165, 1.54) is 11.3 Å². The van der Waals surface area contributed by atoms with Gasteiger partial charge in [0.25, 0.3) is 0 Å². The molecule has 0 aromatic heterocycles. The fourth-order valence-electron chi connectivity index (χ4n) is 2.68. The van der Waals surface area contributed by atoms with Crippen LogP contribution in [-0.2, 0) is 11.3 Å². The van der Waals surface area contributed by atoms with Gasteiger partial charge in [0.1, 0.15) is 0 Å². The molecule has 0 spiro atoms. The second-order valence-corrected chi connectivity index (χ2v) is 6.96. The Bertz CT molecular complexity index is 558. The minimum absolute atomic E-state index is 0.669. The molecule has 1 aliphatic rings. The highest BCUT2D eigenvalue weighted by atomic mass is 16.5. The Hall–Kier alpha value is -2.01. The molecule has 0 saturated carbocycles. The lowest BCUT2D eigenvalue weighted by Crippen LogP contribution is -2.39. The van der Waals surface area contributed by atoms with Crippen molar-refractivity contribution in [3.8, 4) is 0 Å². The Morgan fingerprint density at radius 3 is 2.50 bits per heavy atom. The Labute approximate surface area is 158 Å². The summed E-state index contributed by atoms with van der Waals surface area (Å²) in [5.41, 5.74) is 2.48. The standard InChI is InChI=1S/C21H34N4O/c1-4-22-21(23-12-16-26-15-11-18(2)3)24-17-19-7-9-20(10-8-19)25-13-5-6-14-25/h5-10,18H,4,11-17H2,1-3H3,(H2,22,23,24). The Morgan fingerprint density at radius 1 is 1.12 bits per heavy atom. The quantitative estimate of drug-likeness (QED) is 0.292. The van der Waals surface area contributed by atoms with E-state index >= 15 is 0 Å². The van der Waals surface area contributed by atoms with E-state index < -0.39 is 0 Å². The predicted octanol–water partition coefficient (Wildman–Crippen LogP) is 3.18. The summed E-state index contributed by atoms with van der Waals surface area (Å²) in [4.78, 5) is 7.02. The number of anilines is 1. The minimum atomic E-state index is 0.669. The molecule has 5 nitrogen and oxygen atoms in total. The highest BCUT2D eigenvalue weighted by molar-refractivity contribution is 5.79. The summed E-state index contributed by atoms with van der Waals surface area (Å²) in [6.45, 7) is 12.3. The third-order valence-electron chi connectivity index (χ3n) is 4.26. The van der Waals surface area contributed by atoms with E-state index in [0.717, 1.165) is 45.2 Å². The maximum Gasteiger partial charge on any atom is 0.191 e. The van der Waals surface area contributed by atoms with Crippen LogP contribution in [0.4, 0.5) is 5.69 Å². The molecule has 144 valence electrons. The van der Waals surface area contributed by atoms with Gasteiger partial charge in [0.2, 0.25) is 0 Å². The summed E-state index contributed by atoms with van der Waals surface area (Å²) in [7, 11) is 0. The molecule has 26 heavy (non-hydrogen) atoms. The molecule has 0 aliphatic carbocycles. The first kappa shape index (κ1) is 20.3. The number of nitrogens with one attached hydrogen (secondary N) is 2. The minimum Gasteiger partial charge on any atom is -0.380 e. The van der Waals surface area contributed by atoms with Gasteiger partial charge in [0, 0.05) is 38.5 Å². The third kappa shape index (κ3) is 7.48. The van der Waals surface area contributed by atoms with Crippen molar-refractivity contribution in [1.82, 2.24) is 10.6 Å². The van der Waals surface area contributed by atoms with E-state index in [9.17, 15) is 0 Å². The number of hydrogen-bond donors (Lipinski definition) is 2. The van der Waals surface area contributed by atoms with Crippen LogP contribution in [0.15, 0.2) is 41.4 Å². The smallest absolute Gasteiger partial charge is 0.191 e. The van der Waals surface area contributed by atoms with Gasteiger partial charge in [-0.1, -0.05) is 38.1 Å². The molecule has 0 fully saturated rings. The molecule has 1 aromatic carbocycles. The first-order valence-corrected chi connectivity index (χ1v) is 9.78. The summed E-state index contributed by atoms with van der Waals surface area (Å²) in [5.74, 6) is 1.53. The van der Waals surface area contributed by atoms with Crippen molar-refractivity contribution < 1.29 is 4.74 Å². The van der Waals surface area contributed by atoms with Gasteiger partial charge in [-0.3, -0.25) is 0 Å². The van der Waals surface area contributed by atoms with Gasteiger partial charge >= 0.3 is 0 Å². The van der Waals surface area contributed by atoms with E-state index in [4.69, 9.17) is 4.74 Å². The van der Waals surface area contributed by atoms with Crippen LogP contribution in [0.3, 0.4) is 0 Å². The van der Waals surface area contributed by atoms with Crippen LogP contribution in [0.1, 0.15) is 32.8 Å². The van der Waals surface area contributed by atoms with Crippen LogP contribution in [-0.4, -0.2) is 45.4 Å². The van der Waals surface area contributed by atoms with E-state index in [0.29, 0.717) is 19.1 Å². The number of ether oxygens (including phenoxy) is 1. The zero-order valence-electron chi connectivity index (χ0n) is 16.5. The lowest BCUT2D eigenvalue weighted by molar-refractivity contribution is 0.128. The summed E-state index contributed by atoms with van der Waals surface area (Å²) in [5, 5.41) is 6.62. The first-order valence-electron chi connectivity index (χ1n) is 9.78. The van der Waals surface area contributed by atoms with E-state index in [1.807, 2.05) is 0 Å². The highest BCUT2D eigenvalue weighted by Crippen LogP contribution is 2.17. The number of guanidine groups is 1. The Morgan fingerprint density at radius 2 is 1.85 bits per heavy atom. The largest absolute Gasteiger partial charge is 0.380 e. The van der Waals surface area contributed by atoms with Crippen molar-refractivity contribution in [2.75, 3.05) is 44.3 Å². The van der Waals surface area contributed by atoms with Gasteiger partial charge in [0.15, 0.2) is 5.96 Å². The summed E-state index contributed by atoms with van der Waals surface area (Å²) < 4.78 is 5.64. The van der Waals surface area contributed by atoms with Gasteiger partial charge in [-0.2, -0.15) is 0 Å². The zero-order valence-corrected chi connectivity index (χ0v) is 16.5. The molecule has 1 aliphatic heterocycles. The van der Waals surface area contributed by atoms with Crippen molar-refractivity contribution in [1.29, 1.82) is 0 Å². The normalized spacial score (nSPS) is 14.3. The molecule has 0 bridgehead atoms. The van der Waals surface area contributed by atoms with E-state index in [2.05, 4.69) is 77.7 Å². The van der Waals surface area contributed by atoms with Crippen LogP contribution in [0.25, 0.3) is 0 Å². The van der Waals surface area contributed by atoms with Crippen molar-refractivity contribution in [2.45, 2.75) is 33.7 Å². The molecule has 0 atom stereocenters. The van der Waals surface area contributed by atoms with Gasteiger partial charge in [-0.15, -0.1) is 0 Å². The highest BCUT2D eigenvalue weighted by Gasteiger charge is 2.07. The van der Waals surface area contributed by atoms with Crippen LogP contribution < -0.4 is 15.5 Å². The van der Waals surface area contributed by atoms with Crippen molar-refractivity contribution in [2.24, 2.45) is 10.9 Å². The van der Waals surface area contributed by atoms with Gasteiger partial charge in [0.05, 0.1) is 13.2 Å². The number of nitrogens with zero attached hydrogens (tertiary/aromatic N) is 2. The van der Waals surface area contributed by atoms with Gasteiger partial charge in [-0.05, 0) is 37.0 Å². The second-order valence-electron chi connectivity index (χ2n) is 6.96. The fourth-order valence-corrected chi connectivity index (χ4v) is 2.68. The average molecular weight is 359 g/mol. The van der Waals surface area contributed by atoms with E-state index in [1.54, 1.807) is 0 Å². The van der Waals surface area contributed by atoms with Crippen LogP contribution in [0.5, 0.6) is 0 Å². The maximum absolute atomic E-state index is 5.64. The summed E-state index contributed by atoms with van der Waals surface area (Å²) in [6, 6.07) is 8.69. The number of benzene rings is 1. The molecular formula is C21H34N4O. The lowest BCUT2D eigenvalue weighted by atomic mass is 10.1. The van der Waals surface area contributed by atoms with Crippen molar-refractivity contribution >= 4 is 11.6 Å². The number of rotatable bonds is 10. The lowest BCUT2D eigenvalue weighted by Gasteiger charge is -2.17. The monoisotopic (exact) mass is 358 g/mol. The molecule has 0 amide bonds. The Kier molecular flexibility index (Phi) is 9.04. The SMILES string of the molecule is CCNC(=NCc1ccc(N2CC=CC2)cc1)NCCOCCC(C)C. The van der Waals surface area contributed by atoms with Crippen molar-refractivity contribution in [3.05, 3.63) is 42.0 Å². The fraction of sp³-hybridized carbons (Fsp3) is 0.571. The molecule has 1 aromatic rings. The van der Waals surface area contributed by atoms with Crippen LogP contribution in [0, 0.1) is 5.92 Å². The molecule has 5 heteroatoms. The zero-order chi connectivity index (χ0) is 18.6. The van der Waals surface area contributed by atoms with Gasteiger partial charge in [-0.25, -0.2) is 4.99 Å². The molecular weight excluding hydrogens is 324 g/mol. The van der Waals surface area contributed by atoms with Crippen LogP contribution in [0.2, 0.25) is 0 Å². The molecule has 0 unspecified atom stereocenters. The average Bonchev–Trinajstić information content (AvgIpc) is 3.17. The first-order chi connectivity index (χ1) is 12.7. The van der Waals surface area contributed by atoms with Gasteiger partial charge < -0.3 is 20.3 Å².